The zero-order valence-corrected chi connectivity index (χ0v) is 18.9. The molecule has 1 fully saturated rings. The number of hydrogen-bond donors (Lipinski definition) is 3. The number of nitrogens with one attached hydrogen (secondary N) is 1. The summed E-state index contributed by atoms with van der Waals surface area (Å²) in [6.07, 6.45) is 7.59. The normalized spacial score (nSPS) is 15.7. The minimum atomic E-state index is -0.0793. The summed E-state index contributed by atoms with van der Waals surface area (Å²) in [6.45, 7) is 0. The summed E-state index contributed by atoms with van der Waals surface area (Å²) < 4.78 is 0. The monoisotopic (exact) mass is 445 g/mol. The van der Waals surface area contributed by atoms with Crippen molar-refractivity contribution >= 4 is 24.4 Å². The highest BCUT2D eigenvalue weighted by Crippen LogP contribution is 2.39. The number of aromatic nitrogens is 2. The smallest absolute Gasteiger partial charge is 0.229 e. The van der Waals surface area contributed by atoms with Gasteiger partial charge < -0.3 is 10.4 Å². The van der Waals surface area contributed by atoms with Crippen LogP contribution in [-0.4, -0.2) is 21.0 Å². The SMILES string of the molecule is O=C(Cc1ccc(S)cc1)Nc1nc2c(nc1C1CCCCC1)-c1ccc(O)cc1CC2. The molecule has 1 saturated carbocycles. The molecule has 0 radical (unpaired) electrons. The van der Waals surface area contributed by atoms with Crippen molar-refractivity contribution in [3.63, 3.8) is 0 Å². The Bertz CT molecular complexity index is 1150. The molecule has 2 N–H and O–H groups in total. The topological polar surface area (TPSA) is 75.1 Å². The molecule has 2 aliphatic rings. The van der Waals surface area contributed by atoms with Crippen molar-refractivity contribution in [1.29, 1.82) is 0 Å². The Morgan fingerprint density at radius 3 is 2.59 bits per heavy atom. The third-order valence-corrected chi connectivity index (χ3v) is 6.82. The van der Waals surface area contributed by atoms with Crippen LogP contribution in [0.15, 0.2) is 47.4 Å². The van der Waals surface area contributed by atoms with Gasteiger partial charge in [0, 0.05) is 16.4 Å². The van der Waals surface area contributed by atoms with Crippen molar-refractivity contribution in [2.45, 2.75) is 62.2 Å². The number of amides is 1. The molecule has 5 nitrogen and oxygen atoms in total. The summed E-state index contributed by atoms with van der Waals surface area (Å²) in [7, 11) is 0. The number of carbonyl (C=O) groups is 1. The Hall–Kier alpha value is -2.86. The molecule has 32 heavy (non-hydrogen) atoms. The van der Waals surface area contributed by atoms with Gasteiger partial charge in [0.2, 0.25) is 5.91 Å². The molecule has 2 aromatic carbocycles. The Morgan fingerprint density at radius 1 is 1.03 bits per heavy atom. The number of nitrogens with zero attached hydrogens (tertiary/aromatic N) is 2. The first kappa shape index (κ1) is 21.0. The summed E-state index contributed by atoms with van der Waals surface area (Å²) >= 11 is 4.31. The molecule has 0 unspecified atom stereocenters. The van der Waals surface area contributed by atoms with Gasteiger partial charge >= 0.3 is 0 Å². The molecule has 164 valence electrons. The van der Waals surface area contributed by atoms with E-state index in [1.165, 1.54) is 19.3 Å². The van der Waals surface area contributed by atoms with Crippen LogP contribution in [0, 0.1) is 0 Å². The maximum Gasteiger partial charge on any atom is 0.229 e. The lowest BCUT2D eigenvalue weighted by Crippen LogP contribution is -2.21. The first-order valence-corrected chi connectivity index (χ1v) is 11.8. The van der Waals surface area contributed by atoms with Crippen molar-refractivity contribution in [1.82, 2.24) is 9.97 Å². The highest BCUT2D eigenvalue weighted by Gasteiger charge is 2.27. The lowest BCUT2D eigenvalue weighted by Gasteiger charge is -2.26. The van der Waals surface area contributed by atoms with Crippen molar-refractivity contribution in [2.75, 3.05) is 5.32 Å². The van der Waals surface area contributed by atoms with E-state index in [1.54, 1.807) is 6.07 Å². The van der Waals surface area contributed by atoms with Crippen LogP contribution < -0.4 is 5.32 Å². The number of hydrogen-bond acceptors (Lipinski definition) is 5. The molecule has 0 atom stereocenters. The number of phenolic OH excluding ortho intramolecular Hbond substituents is 1. The number of anilines is 1. The van der Waals surface area contributed by atoms with Gasteiger partial charge in [-0.2, -0.15) is 0 Å². The van der Waals surface area contributed by atoms with Crippen LogP contribution in [0.5, 0.6) is 5.75 Å². The molecule has 0 aliphatic heterocycles. The Morgan fingerprint density at radius 2 is 1.81 bits per heavy atom. The molecule has 5 rings (SSSR count). The first-order valence-electron chi connectivity index (χ1n) is 11.4. The number of fused-ring (bicyclic) bond motifs is 3. The van der Waals surface area contributed by atoms with Crippen LogP contribution in [0.25, 0.3) is 11.3 Å². The lowest BCUT2D eigenvalue weighted by molar-refractivity contribution is -0.115. The van der Waals surface area contributed by atoms with Crippen molar-refractivity contribution in [2.24, 2.45) is 0 Å². The van der Waals surface area contributed by atoms with Crippen LogP contribution in [0.4, 0.5) is 5.82 Å². The molecule has 0 spiro atoms. The lowest BCUT2D eigenvalue weighted by atomic mass is 9.85. The van der Waals surface area contributed by atoms with E-state index in [9.17, 15) is 9.90 Å². The molecular weight excluding hydrogens is 418 g/mol. The second kappa shape index (κ2) is 8.94. The number of thiol groups is 1. The van der Waals surface area contributed by atoms with Crippen LogP contribution in [0.2, 0.25) is 0 Å². The molecule has 0 bridgehead atoms. The second-order valence-corrected chi connectivity index (χ2v) is 9.34. The molecule has 1 heterocycles. The highest BCUT2D eigenvalue weighted by atomic mass is 32.1. The van der Waals surface area contributed by atoms with Crippen molar-refractivity contribution in [3.05, 3.63) is 65.0 Å². The third kappa shape index (κ3) is 4.37. The number of carbonyl (C=O) groups excluding carboxylic acids is 1. The molecular formula is C26H27N3O2S. The van der Waals surface area contributed by atoms with Crippen LogP contribution in [-0.2, 0) is 24.1 Å². The van der Waals surface area contributed by atoms with Crippen LogP contribution in [0.3, 0.4) is 0 Å². The van der Waals surface area contributed by atoms with Gasteiger partial charge in [0.15, 0.2) is 5.82 Å². The van der Waals surface area contributed by atoms with Gasteiger partial charge in [-0.3, -0.25) is 4.79 Å². The number of aromatic hydroxyl groups is 1. The third-order valence-electron chi connectivity index (χ3n) is 6.52. The average Bonchev–Trinajstić information content (AvgIpc) is 2.80. The Kier molecular flexibility index (Phi) is 5.87. The van der Waals surface area contributed by atoms with E-state index in [2.05, 4.69) is 17.9 Å². The highest BCUT2D eigenvalue weighted by molar-refractivity contribution is 7.80. The standard InChI is InChI=1S/C26H27N3O2S/c30-19-9-12-21-18(15-19)8-13-22-25(21)29-24(17-4-2-1-3-5-17)26(27-22)28-23(31)14-16-6-10-20(32)11-7-16/h6-7,9-12,15,17,30,32H,1-5,8,13-14H2,(H,27,28,31). The number of aryl methyl sites for hydroxylation is 2. The van der Waals surface area contributed by atoms with E-state index < -0.39 is 0 Å². The molecule has 3 aromatic rings. The van der Waals surface area contributed by atoms with E-state index in [4.69, 9.17) is 9.97 Å². The van der Waals surface area contributed by atoms with Gasteiger partial charge in [-0.15, -0.1) is 12.6 Å². The summed E-state index contributed by atoms with van der Waals surface area (Å²) in [6, 6.07) is 13.1. The summed E-state index contributed by atoms with van der Waals surface area (Å²) in [4.78, 5) is 23.8. The first-order chi connectivity index (χ1) is 15.6. The van der Waals surface area contributed by atoms with E-state index in [1.807, 2.05) is 36.4 Å². The van der Waals surface area contributed by atoms with Gasteiger partial charge in [-0.1, -0.05) is 31.4 Å². The van der Waals surface area contributed by atoms with Gasteiger partial charge in [0.1, 0.15) is 5.75 Å². The van der Waals surface area contributed by atoms with E-state index >= 15 is 0 Å². The summed E-state index contributed by atoms with van der Waals surface area (Å²) in [5.41, 5.74) is 5.80. The largest absolute Gasteiger partial charge is 0.508 e. The van der Waals surface area contributed by atoms with Gasteiger partial charge in [-0.25, -0.2) is 9.97 Å². The Labute approximate surface area is 193 Å². The Balaban J connectivity index is 1.49. The van der Waals surface area contributed by atoms with Crippen molar-refractivity contribution in [3.8, 4) is 17.0 Å². The maximum absolute atomic E-state index is 12.9. The van der Waals surface area contributed by atoms with Crippen LogP contribution in [0.1, 0.15) is 60.5 Å². The predicted octanol–water partition coefficient (Wildman–Crippen LogP) is 5.47. The van der Waals surface area contributed by atoms with Crippen LogP contribution >= 0.6 is 12.6 Å². The minimum absolute atomic E-state index is 0.0793. The minimum Gasteiger partial charge on any atom is -0.508 e. The average molecular weight is 446 g/mol. The number of benzene rings is 2. The van der Waals surface area contributed by atoms with E-state index in [0.717, 1.165) is 64.4 Å². The number of rotatable bonds is 4. The fourth-order valence-corrected chi connectivity index (χ4v) is 5.02. The fraction of sp³-hybridized carbons (Fsp3) is 0.346. The summed E-state index contributed by atoms with van der Waals surface area (Å²) in [5.74, 6) is 1.13. The predicted molar refractivity (Wildman–Crippen MR) is 128 cm³/mol. The second-order valence-electron chi connectivity index (χ2n) is 8.82. The van der Waals surface area contributed by atoms with E-state index in [0.29, 0.717) is 18.2 Å². The quantitative estimate of drug-likeness (QED) is 0.466. The molecule has 0 saturated heterocycles. The fourth-order valence-electron chi connectivity index (χ4n) is 4.87. The van der Waals surface area contributed by atoms with Gasteiger partial charge in [-0.05, 0) is 67.1 Å². The molecule has 1 aromatic heterocycles. The number of phenols is 1. The van der Waals surface area contributed by atoms with E-state index in [-0.39, 0.29) is 11.7 Å². The van der Waals surface area contributed by atoms with Gasteiger partial charge in [0.05, 0.1) is 23.5 Å². The zero-order valence-electron chi connectivity index (χ0n) is 18.0. The molecule has 1 amide bonds. The summed E-state index contributed by atoms with van der Waals surface area (Å²) in [5, 5.41) is 13.0. The zero-order chi connectivity index (χ0) is 22.1. The van der Waals surface area contributed by atoms with Crippen molar-refractivity contribution < 1.29 is 9.90 Å². The molecule has 6 heteroatoms. The van der Waals surface area contributed by atoms with Gasteiger partial charge in [0.25, 0.3) is 0 Å². The maximum atomic E-state index is 12.9. The molecule has 2 aliphatic carbocycles.